The Hall–Kier alpha value is -2.74. The van der Waals surface area contributed by atoms with E-state index in [-0.39, 0.29) is 11.3 Å². The lowest BCUT2D eigenvalue weighted by Crippen LogP contribution is -2.21. The molecular weight excluding hydrogens is 392 g/mol. The molecule has 2 aromatic rings. The second-order valence-corrected chi connectivity index (χ2v) is 6.20. The second-order valence-electron chi connectivity index (χ2n) is 5.35. The zero-order chi connectivity index (χ0) is 18.6. The molecule has 0 aromatic heterocycles. The number of anilines is 1. The highest BCUT2D eigenvalue weighted by Gasteiger charge is 2.15. The summed E-state index contributed by atoms with van der Waals surface area (Å²) in [5, 5.41) is 13.4. The highest BCUT2D eigenvalue weighted by atomic mass is 79.9. The number of esters is 1. The van der Waals surface area contributed by atoms with Crippen LogP contribution in [0.3, 0.4) is 0 Å². The van der Waals surface area contributed by atoms with Crippen molar-refractivity contribution in [2.45, 2.75) is 13.8 Å². The lowest BCUT2D eigenvalue weighted by Gasteiger charge is -2.11. The number of non-ortho nitro benzene ring substituents is 1. The number of hydrogen-bond donors (Lipinski definition) is 1. The number of aryl methyl sites for hydroxylation is 2. The standard InChI is InChI=1S/C17H15BrN2O5/c1-10-7-15(11(2)6-14(10)18)19-16(21)9-25-17(22)12-4-3-5-13(8-12)20(23)24/h3-8H,9H2,1-2H3,(H,19,21). The van der Waals surface area contributed by atoms with Gasteiger partial charge in [0.25, 0.3) is 11.6 Å². The van der Waals surface area contributed by atoms with Crippen LogP contribution in [0.4, 0.5) is 11.4 Å². The molecule has 8 heteroatoms. The van der Waals surface area contributed by atoms with E-state index in [1.807, 2.05) is 19.9 Å². The predicted octanol–water partition coefficient (Wildman–Crippen LogP) is 3.77. The van der Waals surface area contributed by atoms with Crippen LogP contribution in [0, 0.1) is 24.0 Å². The molecular formula is C17H15BrN2O5. The van der Waals surface area contributed by atoms with Crippen molar-refractivity contribution in [3.63, 3.8) is 0 Å². The summed E-state index contributed by atoms with van der Waals surface area (Å²) in [6.07, 6.45) is 0. The van der Waals surface area contributed by atoms with E-state index < -0.39 is 23.4 Å². The lowest BCUT2D eigenvalue weighted by atomic mass is 10.1. The molecule has 0 unspecified atom stereocenters. The Morgan fingerprint density at radius 2 is 1.92 bits per heavy atom. The smallest absolute Gasteiger partial charge is 0.338 e. The molecule has 25 heavy (non-hydrogen) atoms. The first-order chi connectivity index (χ1) is 11.8. The van der Waals surface area contributed by atoms with Gasteiger partial charge in [-0.15, -0.1) is 0 Å². The van der Waals surface area contributed by atoms with Crippen LogP contribution in [0.25, 0.3) is 0 Å². The van der Waals surface area contributed by atoms with Crippen molar-refractivity contribution in [1.29, 1.82) is 0 Å². The van der Waals surface area contributed by atoms with Crippen molar-refractivity contribution in [3.8, 4) is 0 Å². The number of rotatable bonds is 5. The average Bonchev–Trinajstić information content (AvgIpc) is 2.57. The number of hydrogen-bond acceptors (Lipinski definition) is 5. The summed E-state index contributed by atoms with van der Waals surface area (Å²) in [6, 6.07) is 8.81. The molecule has 0 spiro atoms. The molecule has 1 amide bonds. The van der Waals surface area contributed by atoms with Gasteiger partial charge in [0.15, 0.2) is 6.61 Å². The van der Waals surface area contributed by atoms with Crippen LogP contribution in [-0.2, 0) is 9.53 Å². The van der Waals surface area contributed by atoms with E-state index in [0.717, 1.165) is 21.7 Å². The SMILES string of the molecule is Cc1cc(NC(=O)COC(=O)c2cccc([N+](=O)[O-])c2)c(C)cc1Br. The van der Waals surface area contributed by atoms with Crippen LogP contribution in [0.15, 0.2) is 40.9 Å². The van der Waals surface area contributed by atoms with Crippen LogP contribution >= 0.6 is 15.9 Å². The summed E-state index contributed by atoms with van der Waals surface area (Å²) in [5.74, 6) is -1.30. The van der Waals surface area contributed by atoms with Crippen molar-refractivity contribution in [2.75, 3.05) is 11.9 Å². The third-order valence-corrected chi connectivity index (χ3v) is 4.26. The number of ether oxygens (including phenoxy) is 1. The summed E-state index contributed by atoms with van der Waals surface area (Å²) >= 11 is 3.41. The maximum absolute atomic E-state index is 12.0. The van der Waals surface area contributed by atoms with Gasteiger partial charge in [-0.05, 0) is 43.2 Å². The Morgan fingerprint density at radius 3 is 2.60 bits per heavy atom. The number of nitro groups is 1. The third-order valence-electron chi connectivity index (χ3n) is 3.41. The minimum atomic E-state index is -0.803. The number of nitrogens with one attached hydrogen (secondary N) is 1. The van der Waals surface area contributed by atoms with Gasteiger partial charge in [0, 0.05) is 22.3 Å². The van der Waals surface area contributed by atoms with E-state index in [4.69, 9.17) is 4.74 Å². The summed E-state index contributed by atoms with van der Waals surface area (Å²) < 4.78 is 5.84. The molecule has 0 saturated carbocycles. The number of amides is 1. The molecule has 2 aromatic carbocycles. The number of carbonyl (C=O) groups is 2. The third kappa shape index (κ3) is 4.87. The maximum Gasteiger partial charge on any atom is 0.338 e. The Morgan fingerprint density at radius 1 is 1.20 bits per heavy atom. The summed E-state index contributed by atoms with van der Waals surface area (Å²) in [7, 11) is 0. The van der Waals surface area contributed by atoms with E-state index in [0.29, 0.717) is 5.69 Å². The van der Waals surface area contributed by atoms with Crippen LogP contribution in [-0.4, -0.2) is 23.4 Å². The minimum absolute atomic E-state index is 0.0117. The van der Waals surface area contributed by atoms with Gasteiger partial charge in [0.05, 0.1) is 10.5 Å². The fourth-order valence-electron chi connectivity index (χ4n) is 2.06. The van der Waals surface area contributed by atoms with E-state index in [2.05, 4.69) is 21.2 Å². The summed E-state index contributed by atoms with van der Waals surface area (Å²) in [5.41, 5.74) is 2.22. The van der Waals surface area contributed by atoms with Crippen molar-refractivity contribution < 1.29 is 19.2 Å². The maximum atomic E-state index is 12.0. The molecule has 0 heterocycles. The molecule has 0 aliphatic carbocycles. The monoisotopic (exact) mass is 406 g/mol. The lowest BCUT2D eigenvalue weighted by molar-refractivity contribution is -0.384. The molecule has 0 radical (unpaired) electrons. The Bertz CT molecular complexity index is 851. The first-order valence-corrected chi connectivity index (χ1v) is 8.05. The number of halogens is 1. The fraction of sp³-hybridized carbons (Fsp3) is 0.176. The van der Waals surface area contributed by atoms with Gasteiger partial charge in [-0.2, -0.15) is 0 Å². The van der Waals surface area contributed by atoms with Crippen LogP contribution in [0.2, 0.25) is 0 Å². The quantitative estimate of drug-likeness (QED) is 0.462. The van der Waals surface area contributed by atoms with E-state index in [9.17, 15) is 19.7 Å². The first kappa shape index (κ1) is 18.6. The number of nitrogens with zero attached hydrogens (tertiary/aromatic N) is 1. The fourth-order valence-corrected chi connectivity index (χ4v) is 2.52. The Labute approximate surface area is 152 Å². The molecule has 0 saturated heterocycles. The van der Waals surface area contributed by atoms with Gasteiger partial charge in [-0.3, -0.25) is 14.9 Å². The average molecular weight is 407 g/mol. The molecule has 130 valence electrons. The molecule has 2 rings (SSSR count). The minimum Gasteiger partial charge on any atom is -0.452 e. The zero-order valence-corrected chi connectivity index (χ0v) is 15.1. The van der Waals surface area contributed by atoms with E-state index in [1.54, 1.807) is 6.07 Å². The van der Waals surface area contributed by atoms with Crippen LogP contribution < -0.4 is 5.32 Å². The van der Waals surface area contributed by atoms with Gasteiger partial charge < -0.3 is 10.1 Å². The molecule has 7 nitrogen and oxygen atoms in total. The number of carbonyl (C=O) groups excluding carboxylic acids is 2. The molecule has 0 atom stereocenters. The molecule has 0 aliphatic rings. The first-order valence-electron chi connectivity index (χ1n) is 7.26. The second kappa shape index (κ2) is 7.89. The van der Waals surface area contributed by atoms with Crippen LogP contribution in [0.5, 0.6) is 0 Å². The zero-order valence-electron chi connectivity index (χ0n) is 13.5. The van der Waals surface area contributed by atoms with Gasteiger partial charge in [0.1, 0.15) is 0 Å². The van der Waals surface area contributed by atoms with Crippen molar-refractivity contribution >= 4 is 39.2 Å². The summed E-state index contributed by atoms with van der Waals surface area (Å²) in [6.45, 7) is 3.24. The van der Waals surface area contributed by atoms with Gasteiger partial charge in [0.2, 0.25) is 0 Å². The highest BCUT2D eigenvalue weighted by Crippen LogP contribution is 2.24. The largest absolute Gasteiger partial charge is 0.452 e. The van der Waals surface area contributed by atoms with Crippen molar-refractivity contribution in [1.82, 2.24) is 0 Å². The van der Waals surface area contributed by atoms with Crippen molar-refractivity contribution in [3.05, 3.63) is 67.7 Å². The normalized spacial score (nSPS) is 10.2. The van der Waals surface area contributed by atoms with Gasteiger partial charge in [-0.1, -0.05) is 22.0 Å². The Balaban J connectivity index is 1.98. The van der Waals surface area contributed by atoms with Crippen LogP contribution in [0.1, 0.15) is 21.5 Å². The van der Waals surface area contributed by atoms with E-state index in [1.165, 1.54) is 18.2 Å². The molecule has 1 N–H and O–H groups in total. The molecule has 0 fully saturated rings. The Kier molecular flexibility index (Phi) is 5.87. The molecule has 0 aliphatic heterocycles. The topological polar surface area (TPSA) is 98.5 Å². The highest BCUT2D eigenvalue weighted by molar-refractivity contribution is 9.10. The van der Waals surface area contributed by atoms with Gasteiger partial charge in [-0.25, -0.2) is 4.79 Å². The van der Waals surface area contributed by atoms with Gasteiger partial charge >= 0.3 is 5.97 Å². The van der Waals surface area contributed by atoms with Crippen molar-refractivity contribution in [2.24, 2.45) is 0 Å². The predicted molar refractivity (Wildman–Crippen MR) is 95.6 cm³/mol. The molecule has 0 bridgehead atoms. The van der Waals surface area contributed by atoms with E-state index >= 15 is 0 Å². The summed E-state index contributed by atoms with van der Waals surface area (Å²) in [4.78, 5) is 34.0. The number of nitro benzene ring substituents is 1. The number of benzene rings is 2.